The Hall–Kier alpha value is -1.92. The fourth-order valence-corrected chi connectivity index (χ4v) is 1.92. The molecule has 0 spiro atoms. The molecule has 2 aromatic carbocycles. The lowest BCUT2D eigenvalue weighted by Crippen LogP contribution is -2.29. The number of amides is 1. The van der Waals surface area contributed by atoms with Crippen LogP contribution in [0.5, 0.6) is 5.75 Å². The van der Waals surface area contributed by atoms with Crippen LogP contribution >= 0.6 is 15.9 Å². The number of hydrogen-bond donors (Lipinski definition) is 2. The van der Waals surface area contributed by atoms with E-state index in [1.807, 2.05) is 5.43 Å². The highest BCUT2D eigenvalue weighted by atomic mass is 79.9. The van der Waals surface area contributed by atoms with Gasteiger partial charge in [0.2, 0.25) is 0 Å². The van der Waals surface area contributed by atoms with E-state index in [0.29, 0.717) is 10.0 Å². The Labute approximate surface area is 123 Å². The van der Waals surface area contributed by atoms with Crippen molar-refractivity contribution in [2.45, 2.75) is 6.61 Å². The Balaban J connectivity index is 2.02. The smallest absolute Gasteiger partial charge is 0.265 e. The number of benzene rings is 2. The van der Waals surface area contributed by atoms with Gasteiger partial charge >= 0.3 is 0 Å². The van der Waals surface area contributed by atoms with Gasteiger partial charge in [0, 0.05) is 10.0 Å². The summed E-state index contributed by atoms with van der Waals surface area (Å²) in [6, 6.07) is 11.3. The molecule has 0 fully saturated rings. The monoisotopic (exact) mass is 338 g/mol. The van der Waals surface area contributed by atoms with E-state index in [-0.39, 0.29) is 18.3 Å². The maximum Gasteiger partial charge on any atom is 0.265 e. The average Bonchev–Trinajstić information content (AvgIpc) is 2.46. The third-order valence-corrected chi connectivity index (χ3v) is 3.13. The fourth-order valence-electron chi connectivity index (χ4n) is 1.59. The Kier molecular flexibility index (Phi) is 4.70. The summed E-state index contributed by atoms with van der Waals surface area (Å²) in [5.74, 6) is 4.42. The minimum atomic E-state index is -0.432. The van der Waals surface area contributed by atoms with Gasteiger partial charge in [-0.1, -0.05) is 28.1 Å². The van der Waals surface area contributed by atoms with E-state index in [4.69, 9.17) is 10.6 Å². The minimum absolute atomic E-state index is 0.178. The predicted octanol–water partition coefficient (Wildman–Crippen LogP) is 2.77. The van der Waals surface area contributed by atoms with Gasteiger partial charge in [0.05, 0.1) is 0 Å². The molecule has 4 nitrogen and oxygen atoms in total. The van der Waals surface area contributed by atoms with Gasteiger partial charge in [-0.25, -0.2) is 10.2 Å². The number of carbonyl (C=O) groups excluding carboxylic acids is 1. The summed E-state index contributed by atoms with van der Waals surface area (Å²) in [4.78, 5) is 11.3. The maximum atomic E-state index is 13.5. The molecule has 0 heterocycles. The van der Waals surface area contributed by atoms with Gasteiger partial charge in [-0.2, -0.15) is 0 Å². The molecule has 20 heavy (non-hydrogen) atoms. The molecule has 0 atom stereocenters. The van der Waals surface area contributed by atoms with Crippen LogP contribution < -0.4 is 16.0 Å². The Morgan fingerprint density at radius 3 is 2.55 bits per heavy atom. The zero-order valence-electron chi connectivity index (χ0n) is 10.4. The fraction of sp³-hybridized carbons (Fsp3) is 0.0714. The maximum absolute atomic E-state index is 13.5. The van der Waals surface area contributed by atoms with E-state index in [1.54, 1.807) is 36.4 Å². The summed E-state index contributed by atoms with van der Waals surface area (Å²) < 4.78 is 19.6. The molecule has 3 N–H and O–H groups in total. The van der Waals surface area contributed by atoms with E-state index in [0.717, 1.165) is 5.56 Å². The lowest BCUT2D eigenvalue weighted by atomic mass is 10.1. The molecule has 0 unspecified atom stereocenters. The highest BCUT2D eigenvalue weighted by molar-refractivity contribution is 9.10. The van der Waals surface area contributed by atoms with Crippen molar-refractivity contribution < 1.29 is 13.9 Å². The van der Waals surface area contributed by atoms with Gasteiger partial charge in [-0.05, 0) is 35.9 Å². The van der Waals surface area contributed by atoms with Crippen molar-refractivity contribution in [1.82, 2.24) is 5.43 Å². The lowest BCUT2D eigenvalue weighted by Gasteiger charge is -2.08. The molecule has 6 heteroatoms. The summed E-state index contributed by atoms with van der Waals surface area (Å²) >= 11 is 3.18. The summed E-state index contributed by atoms with van der Waals surface area (Å²) in [6.45, 7) is 0.211. The van der Waals surface area contributed by atoms with Gasteiger partial charge in [0.1, 0.15) is 6.61 Å². The van der Waals surface area contributed by atoms with Crippen LogP contribution in [0, 0.1) is 5.82 Å². The van der Waals surface area contributed by atoms with Gasteiger partial charge in [0.15, 0.2) is 11.6 Å². The lowest BCUT2D eigenvalue weighted by molar-refractivity contribution is 0.0953. The van der Waals surface area contributed by atoms with Crippen LogP contribution in [0.3, 0.4) is 0 Å². The standard InChI is InChI=1S/C14H12BrFN2O2/c15-11-5-6-13(12(16)7-11)20-8-9-1-3-10(4-2-9)14(19)18-17/h1-7H,8,17H2,(H,18,19). The number of carbonyl (C=O) groups is 1. The quantitative estimate of drug-likeness (QED) is 0.511. The van der Waals surface area contributed by atoms with Crippen LogP contribution in [0.1, 0.15) is 15.9 Å². The molecule has 0 aliphatic heterocycles. The van der Waals surface area contributed by atoms with E-state index in [2.05, 4.69) is 15.9 Å². The highest BCUT2D eigenvalue weighted by Crippen LogP contribution is 2.22. The number of hydrazine groups is 1. The molecular formula is C14H12BrFN2O2. The number of nitrogen functional groups attached to an aromatic ring is 1. The number of rotatable bonds is 4. The van der Waals surface area contributed by atoms with Crippen molar-refractivity contribution in [3.63, 3.8) is 0 Å². The second kappa shape index (κ2) is 6.49. The van der Waals surface area contributed by atoms with Gasteiger partial charge < -0.3 is 4.74 Å². The van der Waals surface area contributed by atoms with Crippen LogP contribution in [0.25, 0.3) is 0 Å². The molecule has 0 aliphatic rings. The second-order valence-corrected chi connectivity index (χ2v) is 4.95. The summed E-state index contributed by atoms with van der Waals surface area (Å²) in [5, 5.41) is 0. The number of nitrogens with one attached hydrogen (secondary N) is 1. The molecule has 1 amide bonds. The molecular weight excluding hydrogens is 327 g/mol. The molecule has 0 radical (unpaired) electrons. The number of halogens is 2. The van der Waals surface area contributed by atoms with Gasteiger partial charge in [0.25, 0.3) is 5.91 Å². The highest BCUT2D eigenvalue weighted by Gasteiger charge is 2.06. The first-order chi connectivity index (χ1) is 9.60. The Bertz CT molecular complexity index is 617. The van der Waals surface area contributed by atoms with Crippen molar-refractivity contribution >= 4 is 21.8 Å². The zero-order chi connectivity index (χ0) is 14.5. The van der Waals surface area contributed by atoms with E-state index in [9.17, 15) is 9.18 Å². The number of hydrogen-bond acceptors (Lipinski definition) is 3. The van der Waals surface area contributed by atoms with Crippen molar-refractivity contribution in [3.8, 4) is 5.75 Å². The first-order valence-electron chi connectivity index (χ1n) is 5.78. The molecule has 2 aromatic rings. The van der Waals surface area contributed by atoms with Crippen molar-refractivity contribution in [2.24, 2.45) is 5.84 Å². The molecule has 0 aliphatic carbocycles. The Morgan fingerprint density at radius 1 is 1.25 bits per heavy atom. The molecule has 104 valence electrons. The summed E-state index contributed by atoms with van der Waals surface area (Å²) in [5.41, 5.74) is 3.32. The van der Waals surface area contributed by atoms with Gasteiger partial charge in [-0.15, -0.1) is 0 Å². The molecule has 0 aromatic heterocycles. The number of ether oxygens (including phenoxy) is 1. The predicted molar refractivity (Wildman–Crippen MR) is 76.5 cm³/mol. The van der Waals surface area contributed by atoms with Crippen LogP contribution in [0.15, 0.2) is 46.9 Å². The van der Waals surface area contributed by atoms with Crippen LogP contribution in [0.2, 0.25) is 0 Å². The Morgan fingerprint density at radius 2 is 1.95 bits per heavy atom. The third-order valence-electron chi connectivity index (χ3n) is 2.64. The summed E-state index contributed by atoms with van der Waals surface area (Å²) in [7, 11) is 0. The van der Waals surface area contributed by atoms with E-state index >= 15 is 0 Å². The van der Waals surface area contributed by atoms with Crippen LogP contribution in [-0.2, 0) is 6.61 Å². The van der Waals surface area contributed by atoms with E-state index < -0.39 is 5.82 Å². The second-order valence-electron chi connectivity index (χ2n) is 4.03. The minimum Gasteiger partial charge on any atom is -0.486 e. The van der Waals surface area contributed by atoms with Gasteiger partial charge in [-0.3, -0.25) is 10.2 Å². The third kappa shape index (κ3) is 3.55. The molecule has 0 saturated carbocycles. The largest absolute Gasteiger partial charge is 0.486 e. The molecule has 0 bridgehead atoms. The molecule has 2 rings (SSSR count). The first kappa shape index (κ1) is 14.5. The van der Waals surface area contributed by atoms with Crippen molar-refractivity contribution in [3.05, 3.63) is 63.9 Å². The van der Waals surface area contributed by atoms with Crippen LogP contribution in [0.4, 0.5) is 4.39 Å². The van der Waals surface area contributed by atoms with Crippen molar-refractivity contribution in [2.75, 3.05) is 0 Å². The van der Waals surface area contributed by atoms with Crippen LogP contribution in [-0.4, -0.2) is 5.91 Å². The molecule has 0 saturated heterocycles. The number of nitrogens with two attached hydrogens (primary N) is 1. The topological polar surface area (TPSA) is 64.3 Å². The average molecular weight is 339 g/mol. The summed E-state index contributed by atoms with van der Waals surface area (Å²) in [6.07, 6.45) is 0. The SMILES string of the molecule is NNC(=O)c1ccc(COc2ccc(Br)cc2F)cc1. The normalized spacial score (nSPS) is 10.2. The zero-order valence-corrected chi connectivity index (χ0v) is 12.0. The first-order valence-corrected chi connectivity index (χ1v) is 6.57. The van der Waals surface area contributed by atoms with E-state index in [1.165, 1.54) is 6.07 Å². The van der Waals surface area contributed by atoms with Crippen molar-refractivity contribution in [1.29, 1.82) is 0 Å².